The van der Waals surface area contributed by atoms with Crippen LogP contribution in [0.25, 0.3) is 11.1 Å². The first kappa shape index (κ1) is 60.2. The first-order valence-corrected chi connectivity index (χ1v) is 29.3. The second-order valence-electron chi connectivity index (χ2n) is 24.3. The summed E-state index contributed by atoms with van der Waals surface area (Å²) >= 11 is 0. The van der Waals surface area contributed by atoms with E-state index in [2.05, 4.69) is 42.5 Å². The lowest BCUT2D eigenvalue weighted by atomic mass is 9.54. The first-order valence-electron chi connectivity index (χ1n) is 29.3. The monoisotopic (exact) mass is 1210 g/mol. The van der Waals surface area contributed by atoms with Gasteiger partial charge in [-0.05, 0) is 158 Å². The third-order valence-electron chi connectivity index (χ3n) is 17.7. The normalized spacial score (nSPS) is 27.7. The van der Waals surface area contributed by atoms with Crippen molar-refractivity contribution < 1.29 is 78.5 Å². The third kappa shape index (κ3) is 12.2. The van der Waals surface area contributed by atoms with Crippen LogP contribution in [0.4, 0.5) is 0 Å². The molecular formula is C63H69N9O16. The van der Waals surface area contributed by atoms with Crippen molar-refractivity contribution in [1.82, 2.24) is 42.5 Å². The SMILES string of the molecule is CN[C@H](CC(C)C)C(=O)N[C@H]1C(=O)N[C@@H](CC(N)=O)C(=O)N[C@H]2C(=O)N[C@H]3C(=O)N[C@H](C(=O)N[C@H](C(=O)NC4C5CC6CC(C5)CC4C6)c4cc(O)cc(O)c4-c4cc3ccc4O)[C@H](O)c3ccc(cc3)Oc3cc2cc(c3O)Oc2ccc(cc2)[C@H]1O. The van der Waals surface area contributed by atoms with Crippen LogP contribution in [0.3, 0.4) is 0 Å². The van der Waals surface area contributed by atoms with Crippen molar-refractivity contribution in [3.63, 3.8) is 0 Å². The van der Waals surface area contributed by atoms with Gasteiger partial charge in [-0.15, -0.1) is 0 Å². The summed E-state index contributed by atoms with van der Waals surface area (Å²) in [5.41, 5.74) is 4.62. The smallest absolute Gasteiger partial charge is 0.248 e. The average molecular weight is 1210 g/mol. The number of nitrogens with two attached hydrogens (primary N) is 1. The number of aliphatic hydroxyl groups is 2. The van der Waals surface area contributed by atoms with Gasteiger partial charge in [0.25, 0.3) is 0 Å². The Balaban J connectivity index is 1.05. The zero-order chi connectivity index (χ0) is 62.6. The summed E-state index contributed by atoms with van der Waals surface area (Å²) in [7, 11) is 1.53. The van der Waals surface area contributed by atoms with E-state index in [9.17, 15) is 49.8 Å². The molecule has 4 aliphatic carbocycles. The molecule has 88 heavy (non-hydrogen) atoms. The molecule has 0 aromatic heterocycles. The molecule has 5 aromatic carbocycles. The number of aromatic hydroxyl groups is 4. The number of ether oxygens (including phenoxy) is 2. The number of amides is 8. The molecule has 0 spiro atoms. The van der Waals surface area contributed by atoms with Crippen molar-refractivity contribution in [2.24, 2.45) is 35.3 Å². The highest BCUT2D eigenvalue weighted by molar-refractivity contribution is 6.01. The van der Waals surface area contributed by atoms with Crippen LogP contribution in [0.15, 0.2) is 91.0 Å². The van der Waals surface area contributed by atoms with Crippen molar-refractivity contribution in [2.75, 3.05) is 7.05 Å². The zero-order valence-corrected chi connectivity index (χ0v) is 48.1. The molecule has 9 aliphatic rings. The van der Waals surface area contributed by atoms with Crippen molar-refractivity contribution in [1.29, 1.82) is 0 Å². The number of phenolic OH excluding ortho intramolecular Hbond substituents is 4. The molecular weight excluding hydrogens is 1140 g/mol. The van der Waals surface area contributed by atoms with Crippen molar-refractivity contribution in [2.45, 2.75) is 119 Å². The Morgan fingerprint density at radius 2 is 1.18 bits per heavy atom. The summed E-state index contributed by atoms with van der Waals surface area (Å²) < 4.78 is 12.4. The topological polar surface area (TPSA) is 399 Å². The van der Waals surface area contributed by atoms with Gasteiger partial charge in [0, 0.05) is 23.2 Å². The molecule has 25 nitrogen and oxygen atoms in total. The minimum Gasteiger partial charge on any atom is -0.508 e. The molecule has 16 N–H and O–H groups in total. The number of phenols is 4. The molecule has 8 amide bonds. The van der Waals surface area contributed by atoms with Crippen LogP contribution in [-0.4, -0.2) is 115 Å². The fraction of sp³-hybridized carbons (Fsp3) is 0.397. The molecule has 0 saturated heterocycles. The van der Waals surface area contributed by atoms with Crippen LogP contribution in [0.1, 0.15) is 117 Å². The summed E-state index contributed by atoms with van der Waals surface area (Å²) in [5, 5.41) is 92.4. The van der Waals surface area contributed by atoms with E-state index in [-0.39, 0.29) is 80.0 Å². The Morgan fingerprint density at radius 1 is 0.614 bits per heavy atom. The molecule has 5 aromatic rings. The molecule has 462 valence electrons. The van der Waals surface area contributed by atoms with E-state index in [0.29, 0.717) is 18.3 Å². The van der Waals surface area contributed by atoms with Gasteiger partial charge in [0.05, 0.1) is 12.5 Å². The highest BCUT2D eigenvalue weighted by atomic mass is 16.5. The lowest BCUT2D eigenvalue weighted by Crippen LogP contribution is -2.59. The predicted octanol–water partition coefficient (Wildman–Crippen LogP) is 2.95. The summed E-state index contributed by atoms with van der Waals surface area (Å²) in [6, 6.07) is 5.98. The molecule has 5 aliphatic heterocycles. The molecule has 25 heteroatoms. The second-order valence-corrected chi connectivity index (χ2v) is 24.3. The van der Waals surface area contributed by atoms with E-state index >= 15 is 19.2 Å². The number of primary amides is 1. The number of carbonyl (C=O) groups is 8. The number of aliphatic hydroxyl groups excluding tert-OH is 2. The number of likely N-dealkylation sites (N-methyl/N-ethyl adjacent to an activating group) is 1. The maximum Gasteiger partial charge on any atom is 0.248 e. The number of benzene rings is 5. The molecule has 14 rings (SSSR count). The van der Waals surface area contributed by atoms with Gasteiger partial charge in [-0.1, -0.05) is 44.2 Å². The van der Waals surface area contributed by atoms with Crippen LogP contribution >= 0.6 is 0 Å². The van der Waals surface area contributed by atoms with Crippen molar-refractivity contribution >= 4 is 47.3 Å². The number of nitrogens with one attached hydrogen (secondary N) is 8. The van der Waals surface area contributed by atoms with Gasteiger partial charge in [0.15, 0.2) is 11.5 Å². The lowest BCUT2D eigenvalue weighted by Gasteiger charge is -2.54. The maximum absolute atomic E-state index is 15.6. The molecule has 15 bridgehead atoms. The van der Waals surface area contributed by atoms with Gasteiger partial charge in [-0.2, -0.15) is 0 Å². The fourth-order valence-electron chi connectivity index (χ4n) is 13.7. The predicted molar refractivity (Wildman–Crippen MR) is 311 cm³/mol. The van der Waals surface area contributed by atoms with E-state index in [4.69, 9.17) is 15.2 Å². The van der Waals surface area contributed by atoms with Crippen molar-refractivity contribution in [3.05, 3.63) is 119 Å². The van der Waals surface area contributed by atoms with E-state index in [1.807, 2.05) is 13.8 Å². The van der Waals surface area contributed by atoms with E-state index < -0.39 is 137 Å². The van der Waals surface area contributed by atoms with Crippen LogP contribution in [-0.2, 0) is 38.4 Å². The standard InChI is InChI=1S/C63H69N9O16/c1-26(2)14-40(65-3)57(80)71-52-54(77)29-4-9-36(10-5-29)87-44-21-34-22-45(56(44)79)88-37-11-6-30(7-12-37)55(78)53-63(86)70-51(61(84)67-48-32-16-27-15-28(18-32)19-33(48)17-27)39-23-35(73)24-43(75)47(39)38-20-31(8-13-42(38)74)49(59(82)72-53)69-60(83)50(34)68-58(81)41(25-46(64)76)66-62(52)85/h4-13,20-24,26-28,32-33,40-41,48-55,65,73-75,77-79H,14-19,25H2,1-3H3,(H2,64,76)(H,66,85)(H,67,84)(H,68,81)(H,69,83)(H,70,86)(H,71,80)(H,72,82)/t27?,28?,32?,33?,40-,41+,48?,49-,50-,51+,52-,53+,54-,55-/m1/s1. The number of fused-ring (bicyclic) bond motifs is 15. The van der Waals surface area contributed by atoms with E-state index in [1.54, 1.807) is 0 Å². The van der Waals surface area contributed by atoms with Crippen LogP contribution in [0.2, 0.25) is 0 Å². The average Bonchev–Trinajstić information content (AvgIpc) is 1.07. The minimum atomic E-state index is -2.07. The van der Waals surface area contributed by atoms with Gasteiger partial charge < -0.3 is 88.4 Å². The Bertz CT molecular complexity index is 3590. The van der Waals surface area contributed by atoms with Gasteiger partial charge in [0.1, 0.15) is 77.2 Å². The molecule has 0 unspecified atom stereocenters. The van der Waals surface area contributed by atoms with Gasteiger partial charge >= 0.3 is 0 Å². The summed E-state index contributed by atoms with van der Waals surface area (Å²) in [4.78, 5) is 117. The highest BCUT2D eigenvalue weighted by Gasteiger charge is 2.50. The van der Waals surface area contributed by atoms with Gasteiger partial charge in [-0.3, -0.25) is 38.4 Å². The molecule has 0 radical (unpaired) electrons. The number of hydrogen-bond acceptors (Lipinski definition) is 17. The quantitative estimate of drug-likeness (QED) is 0.101. The Hall–Kier alpha value is -9.46. The number of hydrogen-bond donors (Lipinski definition) is 15. The molecule has 5 heterocycles. The highest BCUT2D eigenvalue weighted by Crippen LogP contribution is 2.54. The van der Waals surface area contributed by atoms with Crippen molar-refractivity contribution in [3.8, 4) is 57.1 Å². The second kappa shape index (κ2) is 24.4. The number of rotatable bonds is 9. The molecule has 4 saturated carbocycles. The first-order chi connectivity index (χ1) is 42.0. The van der Waals surface area contributed by atoms with Crippen LogP contribution < -0.4 is 57.7 Å². The van der Waals surface area contributed by atoms with Crippen LogP contribution in [0, 0.1) is 29.6 Å². The molecule has 9 atom stereocenters. The summed E-state index contributed by atoms with van der Waals surface area (Å²) in [6.45, 7) is 3.74. The van der Waals surface area contributed by atoms with E-state index in [0.717, 1.165) is 62.4 Å². The minimum absolute atomic E-state index is 0.00330. The summed E-state index contributed by atoms with van der Waals surface area (Å²) in [6.07, 6.45) is 0.340. The Morgan fingerprint density at radius 3 is 1.77 bits per heavy atom. The summed E-state index contributed by atoms with van der Waals surface area (Å²) in [5.74, 6) is -10.5. The fourth-order valence-corrected chi connectivity index (χ4v) is 13.7. The number of carbonyl (C=O) groups excluding carboxylic acids is 8. The largest absolute Gasteiger partial charge is 0.508 e. The Kier molecular flexibility index (Phi) is 16.7. The van der Waals surface area contributed by atoms with Crippen LogP contribution in [0.5, 0.6) is 46.0 Å². The Labute approximate surface area is 504 Å². The van der Waals surface area contributed by atoms with Gasteiger partial charge in [-0.25, -0.2) is 0 Å². The van der Waals surface area contributed by atoms with Gasteiger partial charge in [0.2, 0.25) is 53.0 Å². The lowest BCUT2D eigenvalue weighted by molar-refractivity contribution is -0.138. The zero-order valence-electron chi connectivity index (χ0n) is 48.1. The van der Waals surface area contributed by atoms with E-state index in [1.165, 1.54) is 67.7 Å². The molecule has 4 fully saturated rings. The third-order valence-corrected chi connectivity index (χ3v) is 17.7. The maximum atomic E-state index is 15.6.